The van der Waals surface area contributed by atoms with E-state index in [1.165, 1.54) is 48.1 Å². The van der Waals surface area contributed by atoms with Crippen LogP contribution >= 0.6 is 0 Å². The summed E-state index contributed by atoms with van der Waals surface area (Å²) in [6.07, 6.45) is 0.815. The molecule has 0 radical (unpaired) electrons. The molecule has 0 saturated heterocycles. The van der Waals surface area contributed by atoms with E-state index in [1.54, 1.807) is 12.1 Å². The quantitative estimate of drug-likeness (QED) is 0.244. The molecule has 39 heavy (non-hydrogen) atoms. The fourth-order valence-corrected chi connectivity index (χ4v) is 5.57. The molecular formula is C28H35N3O7S. The van der Waals surface area contributed by atoms with E-state index in [-0.39, 0.29) is 36.9 Å². The molecule has 3 rings (SSSR count). The minimum Gasteiger partial charge on any atom is -0.619 e. The highest BCUT2D eigenvalue weighted by Crippen LogP contribution is 2.21. The highest BCUT2D eigenvalue weighted by molar-refractivity contribution is 7.89. The van der Waals surface area contributed by atoms with Gasteiger partial charge in [-0.3, -0.25) is 0 Å². The number of hydrogen-bond acceptors (Lipinski definition) is 7. The molecule has 11 heteroatoms. The highest BCUT2D eigenvalue weighted by Gasteiger charge is 2.31. The van der Waals surface area contributed by atoms with E-state index in [9.17, 15) is 23.5 Å². The van der Waals surface area contributed by atoms with Gasteiger partial charge in [0.25, 0.3) is 0 Å². The van der Waals surface area contributed by atoms with Gasteiger partial charge in [0.05, 0.1) is 24.2 Å². The molecule has 10 nitrogen and oxygen atoms in total. The van der Waals surface area contributed by atoms with E-state index in [1.807, 2.05) is 44.2 Å². The van der Waals surface area contributed by atoms with Gasteiger partial charge < -0.3 is 25.1 Å². The molecule has 1 heterocycles. The summed E-state index contributed by atoms with van der Waals surface area (Å²) in [5.74, 6) is 0.507. The van der Waals surface area contributed by atoms with Crippen molar-refractivity contribution >= 4 is 16.1 Å². The second kappa shape index (κ2) is 13.9. The van der Waals surface area contributed by atoms with Crippen molar-refractivity contribution in [2.24, 2.45) is 5.92 Å². The van der Waals surface area contributed by atoms with E-state index in [2.05, 4.69) is 5.32 Å². The van der Waals surface area contributed by atoms with Crippen molar-refractivity contribution in [1.29, 1.82) is 0 Å². The molecule has 0 bridgehead atoms. The number of benzene rings is 2. The Kier molecular flexibility index (Phi) is 10.7. The monoisotopic (exact) mass is 557 g/mol. The standard InChI is InChI=1S/C28H35N3O7S/c1-21(2)18-31(39(35,36)25-11-9-24(37-3)10-12-25)19-27(32)26(17-22-7-5-4-6-8-22)29-28(33)38-20-23-13-15-30(34)16-14-23/h4-16,21,26-27,32H,17-20H2,1-3H3,(H,29,33). The molecule has 0 fully saturated rings. The summed E-state index contributed by atoms with van der Waals surface area (Å²) in [4.78, 5) is 12.8. The van der Waals surface area contributed by atoms with Gasteiger partial charge in [0.1, 0.15) is 12.4 Å². The molecule has 2 N–H and O–H groups in total. The summed E-state index contributed by atoms with van der Waals surface area (Å²) in [6, 6.07) is 17.5. The maximum Gasteiger partial charge on any atom is 0.407 e. The fraction of sp³-hybridized carbons (Fsp3) is 0.357. The molecule has 2 unspecified atom stereocenters. The normalized spacial score (nSPS) is 13.2. The Balaban J connectivity index is 1.78. The number of alkyl carbamates (subject to hydrolysis) is 1. The lowest BCUT2D eigenvalue weighted by Crippen LogP contribution is -2.51. The zero-order valence-electron chi connectivity index (χ0n) is 22.3. The minimum atomic E-state index is -3.95. The smallest absolute Gasteiger partial charge is 0.407 e. The highest BCUT2D eigenvalue weighted by atomic mass is 32.2. The van der Waals surface area contributed by atoms with Crippen molar-refractivity contribution < 1.29 is 32.5 Å². The van der Waals surface area contributed by atoms with E-state index >= 15 is 0 Å². The fourth-order valence-electron chi connectivity index (χ4n) is 3.94. The Labute approximate surface area is 229 Å². The number of nitrogens with one attached hydrogen (secondary N) is 1. The maximum absolute atomic E-state index is 13.5. The first-order valence-electron chi connectivity index (χ1n) is 12.6. The van der Waals surface area contributed by atoms with Crippen LogP contribution in [0.4, 0.5) is 4.79 Å². The number of nitrogens with zero attached hydrogens (tertiary/aromatic N) is 2. The predicted molar refractivity (Wildman–Crippen MR) is 145 cm³/mol. The summed E-state index contributed by atoms with van der Waals surface area (Å²) >= 11 is 0. The molecule has 0 aliphatic heterocycles. The second-order valence-corrected chi connectivity index (χ2v) is 11.5. The van der Waals surface area contributed by atoms with Crippen molar-refractivity contribution in [3.05, 3.63) is 95.5 Å². The zero-order valence-corrected chi connectivity index (χ0v) is 23.1. The molecule has 0 aliphatic rings. The molecule has 2 atom stereocenters. The number of carbonyl (C=O) groups excluding carboxylic acids is 1. The Morgan fingerprint density at radius 3 is 2.23 bits per heavy atom. The Hall–Kier alpha value is -3.67. The van der Waals surface area contributed by atoms with Crippen LogP contribution < -0.4 is 14.8 Å². The van der Waals surface area contributed by atoms with Gasteiger partial charge in [-0.2, -0.15) is 9.04 Å². The average Bonchev–Trinajstić information content (AvgIpc) is 2.92. The molecule has 210 valence electrons. The minimum absolute atomic E-state index is 0.0191. The maximum atomic E-state index is 13.5. The van der Waals surface area contributed by atoms with Gasteiger partial charge in [-0.1, -0.05) is 44.2 Å². The summed E-state index contributed by atoms with van der Waals surface area (Å²) in [6.45, 7) is 3.62. The van der Waals surface area contributed by atoms with Gasteiger partial charge in [0, 0.05) is 30.8 Å². The van der Waals surface area contributed by atoms with Gasteiger partial charge in [-0.15, -0.1) is 0 Å². The lowest BCUT2D eigenvalue weighted by Gasteiger charge is -2.30. The third-order valence-corrected chi connectivity index (χ3v) is 7.81. The first kappa shape index (κ1) is 29.9. The largest absolute Gasteiger partial charge is 0.619 e. The number of aliphatic hydroxyl groups is 1. The Morgan fingerprint density at radius 1 is 1.00 bits per heavy atom. The number of pyridine rings is 1. The van der Waals surface area contributed by atoms with Crippen LogP contribution in [0.25, 0.3) is 0 Å². The number of amides is 1. The first-order valence-corrected chi connectivity index (χ1v) is 14.0. The number of hydrogen-bond donors (Lipinski definition) is 2. The lowest BCUT2D eigenvalue weighted by molar-refractivity contribution is -0.605. The number of aliphatic hydroxyl groups excluding tert-OH is 1. The third kappa shape index (κ3) is 8.95. The first-order chi connectivity index (χ1) is 18.6. The van der Waals surface area contributed by atoms with Gasteiger partial charge in [-0.25, -0.2) is 13.2 Å². The molecule has 1 amide bonds. The second-order valence-electron chi connectivity index (χ2n) is 9.54. The number of aromatic nitrogens is 1. The molecule has 0 saturated carbocycles. The number of sulfonamides is 1. The zero-order chi connectivity index (χ0) is 28.4. The van der Waals surface area contributed by atoms with Crippen LogP contribution in [-0.2, 0) is 27.8 Å². The van der Waals surface area contributed by atoms with Crippen molar-refractivity contribution in [2.45, 2.75) is 43.9 Å². The van der Waals surface area contributed by atoms with Crippen LogP contribution in [0.5, 0.6) is 5.75 Å². The molecule has 1 aromatic heterocycles. The van der Waals surface area contributed by atoms with Crippen molar-refractivity contribution in [2.75, 3.05) is 20.2 Å². The molecule has 3 aromatic rings. The van der Waals surface area contributed by atoms with Crippen LogP contribution in [0, 0.1) is 11.1 Å². The van der Waals surface area contributed by atoms with E-state index in [4.69, 9.17) is 9.47 Å². The van der Waals surface area contributed by atoms with Crippen LogP contribution in [0.2, 0.25) is 0 Å². The van der Waals surface area contributed by atoms with Crippen molar-refractivity contribution in [3.63, 3.8) is 0 Å². The summed E-state index contributed by atoms with van der Waals surface area (Å²) in [7, 11) is -2.46. The SMILES string of the molecule is COc1ccc(S(=O)(=O)N(CC(C)C)CC(O)C(Cc2ccccc2)NC(=O)OCc2cc[n+]([O-])cc2)cc1. The number of carbonyl (C=O) groups is 1. The molecular weight excluding hydrogens is 522 g/mol. The average molecular weight is 558 g/mol. The van der Waals surface area contributed by atoms with Crippen LogP contribution in [0.1, 0.15) is 25.0 Å². The molecule has 2 aromatic carbocycles. The van der Waals surface area contributed by atoms with Gasteiger partial charge in [0.15, 0.2) is 12.4 Å². The Morgan fingerprint density at radius 2 is 1.64 bits per heavy atom. The van der Waals surface area contributed by atoms with E-state index < -0.39 is 28.3 Å². The van der Waals surface area contributed by atoms with Gasteiger partial charge >= 0.3 is 6.09 Å². The van der Waals surface area contributed by atoms with E-state index in [0.717, 1.165) is 5.56 Å². The lowest BCUT2D eigenvalue weighted by atomic mass is 10.0. The van der Waals surface area contributed by atoms with Crippen LogP contribution in [-0.4, -0.2) is 56.3 Å². The van der Waals surface area contributed by atoms with Crippen LogP contribution in [0.15, 0.2) is 84.0 Å². The number of methoxy groups -OCH3 is 1. The predicted octanol–water partition coefficient (Wildman–Crippen LogP) is 2.87. The summed E-state index contributed by atoms with van der Waals surface area (Å²) < 4.78 is 39.3. The third-order valence-electron chi connectivity index (χ3n) is 5.96. The van der Waals surface area contributed by atoms with Crippen LogP contribution in [0.3, 0.4) is 0 Å². The number of ether oxygens (including phenoxy) is 2. The molecule has 0 spiro atoms. The van der Waals surface area contributed by atoms with E-state index in [0.29, 0.717) is 16.0 Å². The molecule has 0 aliphatic carbocycles. The van der Waals surface area contributed by atoms with Crippen molar-refractivity contribution in [1.82, 2.24) is 9.62 Å². The summed E-state index contributed by atoms with van der Waals surface area (Å²) in [5.41, 5.74) is 1.46. The van der Waals surface area contributed by atoms with Gasteiger partial charge in [-0.05, 0) is 42.2 Å². The summed E-state index contributed by atoms with van der Waals surface area (Å²) in [5, 5.41) is 25.2. The topological polar surface area (TPSA) is 132 Å². The van der Waals surface area contributed by atoms with Crippen molar-refractivity contribution in [3.8, 4) is 5.75 Å². The van der Waals surface area contributed by atoms with Gasteiger partial charge in [0.2, 0.25) is 10.0 Å². The number of rotatable bonds is 13. The Bertz CT molecular complexity index is 1280.